The number of nitrogens with zero attached hydrogens (tertiary/aromatic N) is 1. The van der Waals surface area contributed by atoms with E-state index < -0.39 is 11.5 Å². The largest absolute Gasteiger partial charge is 0.480 e. The van der Waals surface area contributed by atoms with Crippen molar-refractivity contribution in [1.82, 2.24) is 15.2 Å². The second-order valence-electron chi connectivity index (χ2n) is 9.75. The Morgan fingerprint density at radius 2 is 1.75 bits per heavy atom. The van der Waals surface area contributed by atoms with Gasteiger partial charge in [0, 0.05) is 35.6 Å². The Hall–Kier alpha value is -2.63. The van der Waals surface area contributed by atoms with Crippen LogP contribution >= 0.6 is 0 Å². The number of carbonyl (C=O) groups is 1. The molecule has 1 aliphatic rings. The molecule has 32 heavy (non-hydrogen) atoms. The van der Waals surface area contributed by atoms with Crippen molar-refractivity contribution < 1.29 is 9.90 Å². The first-order valence-corrected chi connectivity index (χ1v) is 11.6. The topological polar surface area (TPSA) is 68.4 Å². The van der Waals surface area contributed by atoms with Gasteiger partial charge in [-0.3, -0.25) is 10.1 Å². The molecule has 1 saturated carbocycles. The number of rotatable bonds is 8. The third kappa shape index (κ3) is 4.74. The van der Waals surface area contributed by atoms with Crippen LogP contribution in [0, 0.1) is 5.92 Å². The lowest BCUT2D eigenvalue weighted by atomic mass is 9.78. The van der Waals surface area contributed by atoms with Crippen molar-refractivity contribution in [3.8, 4) is 0 Å². The van der Waals surface area contributed by atoms with Crippen molar-refractivity contribution in [3.63, 3.8) is 0 Å². The predicted molar refractivity (Wildman–Crippen MR) is 130 cm³/mol. The summed E-state index contributed by atoms with van der Waals surface area (Å²) in [5, 5.41) is 14.8. The second-order valence-corrected chi connectivity index (χ2v) is 9.75. The Bertz CT molecular complexity index is 1040. The number of carboxylic acid groups (broad SMARTS) is 1. The number of aliphatic carboxylic acids is 1. The number of carboxylic acids is 1. The summed E-state index contributed by atoms with van der Waals surface area (Å²) in [5.74, 6) is -0.212. The summed E-state index contributed by atoms with van der Waals surface area (Å²) in [6.07, 6.45) is 6.59. The van der Waals surface area contributed by atoms with Crippen LogP contribution < -0.4 is 5.32 Å². The summed E-state index contributed by atoms with van der Waals surface area (Å²) in [5.41, 5.74) is 2.46. The summed E-state index contributed by atoms with van der Waals surface area (Å²) in [4.78, 5) is 17.9. The van der Waals surface area contributed by atoms with Crippen LogP contribution in [0.4, 0.5) is 0 Å². The number of hydrogen-bond donors (Lipinski definition) is 3. The number of fused-ring (bicyclic) bond motifs is 1. The molecular weight excluding hydrogens is 398 g/mol. The van der Waals surface area contributed by atoms with E-state index in [1.807, 2.05) is 31.3 Å². The van der Waals surface area contributed by atoms with Gasteiger partial charge in [-0.2, -0.15) is 0 Å². The Labute approximate surface area is 190 Å². The zero-order chi connectivity index (χ0) is 22.7. The summed E-state index contributed by atoms with van der Waals surface area (Å²) in [6, 6.07) is 19.4. The molecule has 0 saturated heterocycles. The van der Waals surface area contributed by atoms with Crippen LogP contribution in [0.25, 0.3) is 10.9 Å². The highest BCUT2D eigenvalue weighted by atomic mass is 16.4. The second kappa shape index (κ2) is 9.47. The van der Waals surface area contributed by atoms with Crippen LogP contribution in [0.1, 0.15) is 49.8 Å². The lowest BCUT2D eigenvalue weighted by Gasteiger charge is -2.40. The zero-order valence-corrected chi connectivity index (χ0v) is 19.3. The van der Waals surface area contributed by atoms with Gasteiger partial charge in [0.25, 0.3) is 0 Å². The van der Waals surface area contributed by atoms with Gasteiger partial charge in [0.15, 0.2) is 0 Å². The quantitative estimate of drug-likeness (QED) is 0.467. The Morgan fingerprint density at radius 3 is 2.41 bits per heavy atom. The molecule has 0 radical (unpaired) electrons. The molecule has 1 aliphatic carbocycles. The molecule has 0 spiro atoms. The minimum Gasteiger partial charge on any atom is -0.480 e. The monoisotopic (exact) mass is 433 g/mol. The maximum Gasteiger partial charge on any atom is 0.323 e. The van der Waals surface area contributed by atoms with Gasteiger partial charge >= 0.3 is 5.97 Å². The number of hydrogen-bond acceptors (Lipinski definition) is 3. The van der Waals surface area contributed by atoms with Crippen molar-refractivity contribution in [3.05, 3.63) is 71.9 Å². The highest BCUT2D eigenvalue weighted by Crippen LogP contribution is 2.38. The minimum atomic E-state index is -0.997. The third-order valence-corrected chi connectivity index (χ3v) is 7.13. The highest BCUT2D eigenvalue weighted by Gasteiger charge is 2.38. The smallest absolute Gasteiger partial charge is 0.323 e. The maximum atomic E-state index is 12.3. The molecule has 2 atom stereocenters. The van der Waals surface area contributed by atoms with E-state index in [9.17, 15) is 9.90 Å². The standard InChI is InChI=1S/C27H35N3O2/c1-27(26(31)32,17-21-18-28-24-12-8-7-11-23(21)24)29-22-15-13-20(14-16-22)25(30(2)3)19-9-5-4-6-10-19/h4-12,18,20,22,25,28-29H,13-17H2,1-3H3,(H,31,32). The predicted octanol–water partition coefficient (Wildman–Crippen LogP) is 5.01. The normalized spacial score (nSPS) is 22.0. The molecule has 1 fully saturated rings. The van der Waals surface area contributed by atoms with Crippen molar-refractivity contribution in [2.75, 3.05) is 14.1 Å². The van der Waals surface area contributed by atoms with Crippen molar-refractivity contribution in [2.45, 2.75) is 56.7 Å². The molecule has 0 aliphatic heterocycles. The van der Waals surface area contributed by atoms with Gasteiger partial charge in [-0.25, -0.2) is 0 Å². The van der Waals surface area contributed by atoms with E-state index in [1.165, 1.54) is 5.56 Å². The molecular formula is C27H35N3O2. The number of benzene rings is 2. The molecule has 3 aromatic rings. The Balaban J connectivity index is 1.43. The number of H-pyrrole nitrogens is 1. The van der Waals surface area contributed by atoms with E-state index in [-0.39, 0.29) is 6.04 Å². The molecule has 0 bridgehead atoms. The van der Waals surface area contributed by atoms with E-state index in [1.54, 1.807) is 0 Å². The fraction of sp³-hybridized carbons (Fsp3) is 0.444. The first kappa shape index (κ1) is 22.6. The van der Waals surface area contributed by atoms with Crippen molar-refractivity contribution in [2.24, 2.45) is 5.92 Å². The van der Waals surface area contributed by atoms with Crippen LogP contribution in [0.5, 0.6) is 0 Å². The maximum absolute atomic E-state index is 12.3. The summed E-state index contributed by atoms with van der Waals surface area (Å²) in [7, 11) is 4.31. The van der Waals surface area contributed by atoms with Gasteiger partial charge in [-0.05, 0) is 69.8 Å². The molecule has 5 heteroatoms. The Morgan fingerprint density at radius 1 is 1.09 bits per heavy atom. The van der Waals surface area contributed by atoms with Gasteiger partial charge in [-0.1, -0.05) is 48.5 Å². The minimum absolute atomic E-state index is 0.219. The average molecular weight is 434 g/mol. The summed E-state index contributed by atoms with van der Waals surface area (Å²) >= 11 is 0. The lowest BCUT2D eigenvalue weighted by Crippen LogP contribution is -2.56. The molecule has 1 aromatic heterocycles. The molecule has 0 amide bonds. The molecule has 2 aromatic carbocycles. The van der Waals surface area contributed by atoms with Crippen LogP contribution in [-0.2, 0) is 11.2 Å². The fourth-order valence-electron chi connectivity index (χ4n) is 5.52. The first-order valence-electron chi connectivity index (χ1n) is 11.6. The molecule has 3 N–H and O–H groups in total. The molecule has 4 rings (SSSR count). The van der Waals surface area contributed by atoms with Gasteiger partial charge in [0.2, 0.25) is 0 Å². The number of aromatic amines is 1. The molecule has 2 unspecified atom stereocenters. The molecule has 1 heterocycles. The van der Waals surface area contributed by atoms with E-state index in [2.05, 4.69) is 65.7 Å². The van der Waals surface area contributed by atoms with Crippen molar-refractivity contribution >= 4 is 16.9 Å². The molecule has 170 valence electrons. The van der Waals surface area contributed by atoms with Crippen LogP contribution in [0.3, 0.4) is 0 Å². The van der Waals surface area contributed by atoms with Crippen LogP contribution in [0.15, 0.2) is 60.8 Å². The third-order valence-electron chi connectivity index (χ3n) is 7.13. The highest BCUT2D eigenvalue weighted by molar-refractivity contribution is 5.85. The summed E-state index contributed by atoms with van der Waals surface area (Å²) < 4.78 is 0. The van der Waals surface area contributed by atoms with Gasteiger partial charge in [0.1, 0.15) is 5.54 Å². The number of nitrogens with one attached hydrogen (secondary N) is 2. The van der Waals surface area contributed by atoms with E-state index >= 15 is 0 Å². The van der Waals surface area contributed by atoms with E-state index in [0.29, 0.717) is 18.4 Å². The van der Waals surface area contributed by atoms with E-state index in [4.69, 9.17) is 0 Å². The molecule has 5 nitrogen and oxygen atoms in total. The van der Waals surface area contributed by atoms with E-state index in [0.717, 1.165) is 42.1 Å². The fourth-order valence-corrected chi connectivity index (χ4v) is 5.52. The first-order chi connectivity index (χ1) is 15.4. The SMILES string of the molecule is CN(C)C(c1ccccc1)C1CCC(NC(C)(Cc2c[nH]c3ccccc23)C(=O)O)CC1. The Kier molecular flexibility index (Phi) is 6.68. The van der Waals surface area contributed by atoms with Gasteiger partial charge in [-0.15, -0.1) is 0 Å². The van der Waals surface area contributed by atoms with Crippen molar-refractivity contribution in [1.29, 1.82) is 0 Å². The lowest BCUT2D eigenvalue weighted by molar-refractivity contribution is -0.144. The summed E-state index contributed by atoms with van der Waals surface area (Å²) in [6.45, 7) is 1.83. The number of aromatic nitrogens is 1. The van der Waals surface area contributed by atoms with Crippen LogP contribution in [0.2, 0.25) is 0 Å². The zero-order valence-electron chi connectivity index (χ0n) is 19.3. The van der Waals surface area contributed by atoms with Gasteiger partial charge in [0.05, 0.1) is 0 Å². The average Bonchev–Trinajstić information content (AvgIpc) is 3.18. The number of para-hydroxylation sites is 1. The van der Waals surface area contributed by atoms with Crippen LogP contribution in [-0.4, -0.2) is 46.6 Å². The van der Waals surface area contributed by atoms with Gasteiger partial charge < -0.3 is 15.0 Å².